The third-order valence-electron chi connectivity index (χ3n) is 12.2. The van der Waals surface area contributed by atoms with Crippen LogP contribution in [0.3, 0.4) is 0 Å². The zero-order valence-corrected chi connectivity index (χ0v) is 31.4. The number of aromatic nitrogens is 4. The van der Waals surface area contributed by atoms with Crippen LogP contribution in [0.25, 0.3) is 55.1 Å². The number of likely N-dealkylation sites (tertiary alicyclic amines) is 1. The van der Waals surface area contributed by atoms with Gasteiger partial charge in [-0.05, 0) is 147 Å². The number of hydrogen-bond acceptors (Lipinski definition) is 6. The molecule has 2 aromatic heterocycles. The summed E-state index contributed by atoms with van der Waals surface area (Å²) in [5, 5.41) is 2.32. The number of ether oxygens (including phenoxy) is 2. The molecular formula is C44H44N6O4. The van der Waals surface area contributed by atoms with E-state index in [1.54, 1.807) is 0 Å². The number of carbonyl (C=O) groups is 2. The maximum absolute atomic E-state index is 13.2. The Kier molecular flexibility index (Phi) is 6.32. The molecule has 2 N–H and O–H groups in total. The molecule has 3 unspecified atom stereocenters. The molecule has 4 aromatic carbocycles. The first kappa shape index (κ1) is 32.1. The Morgan fingerprint density at radius 2 is 1.13 bits per heavy atom. The first-order valence-corrected chi connectivity index (χ1v) is 19.3. The summed E-state index contributed by atoms with van der Waals surface area (Å²) in [6.07, 6.45) is 1.48. The van der Waals surface area contributed by atoms with Crippen LogP contribution in [0, 0.1) is 23.7 Å². The van der Waals surface area contributed by atoms with E-state index >= 15 is 0 Å². The quantitative estimate of drug-likeness (QED) is 0.187. The molecule has 12 rings (SSSR count). The fourth-order valence-corrected chi connectivity index (χ4v) is 9.66. The molecule has 6 aromatic rings. The van der Waals surface area contributed by atoms with Crippen molar-refractivity contribution in [1.29, 1.82) is 0 Å². The molecule has 0 spiro atoms. The van der Waals surface area contributed by atoms with Crippen molar-refractivity contribution in [3.05, 3.63) is 84.4 Å². The van der Waals surface area contributed by atoms with Gasteiger partial charge in [-0.2, -0.15) is 0 Å². The number of amides is 2. The van der Waals surface area contributed by atoms with Crippen LogP contribution in [0.1, 0.15) is 78.1 Å². The fraction of sp³-hybridized carbons (Fsp3) is 0.409. The number of benzene rings is 4. The number of piperidine rings is 2. The van der Waals surface area contributed by atoms with Gasteiger partial charge in [0.25, 0.3) is 0 Å². The number of carbonyl (C=O) groups excluding carboxylic acids is 2. The number of rotatable bonds is 4. The van der Waals surface area contributed by atoms with Gasteiger partial charge in [-0.3, -0.25) is 9.80 Å². The standard InChI is InChI=1S/C44H44N6O4/c1-43(2,3)53-41(51)49-32-19-27(32)20-33(49)39-45-28-13-11-25(17-30(28)47-39)23-9-7-22-16-24(10-8-21(22)15-23)26-12-14-29-31(18-26)48-40(46-29)38-36-34-35(36)37(34)50(38)42(52)54-44(4,5)6/h7-18,27,32-38H,19-20H2,1-6H3,(H,45,47)(H,46,48)/t27-,32-,33+,34-,35?,36?,37?,38+/m1/s1. The summed E-state index contributed by atoms with van der Waals surface area (Å²) in [5.74, 6) is 3.92. The molecule has 2 amide bonds. The molecule has 3 saturated carbocycles. The van der Waals surface area contributed by atoms with Gasteiger partial charge in [0.1, 0.15) is 22.9 Å². The molecule has 54 heavy (non-hydrogen) atoms. The average molecular weight is 721 g/mol. The number of aromatic amines is 2. The summed E-state index contributed by atoms with van der Waals surface area (Å²) >= 11 is 0. The van der Waals surface area contributed by atoms with Crippen molar-refractivity contribution < 1.29 is 19.1 Å². The summed E-state index contributed by atoms with van der Waals surface area (Å²) in [6, 6.07) is 26.3. The van der Waals surface area contributed by atoms with Crippen LogP contribution >= 0.6 is 0 Å². The van der Waals surface area contributed by atoms with E-state index in [-0.39, 0.29) is 30.3 Å². The van der Waals surface area contributed by atoms with Crippen molar-refractivity contribution in [1.82, 2.24) is 29.7 Å². The van der Waals surface area contributed by atoms with E-state index in [0.29, 0.717) is 29.7 Å². The number of fused-ring (bicyclic) bond motifs is 5. The van der Waals surface area contributed by atoms with E-state index in [1.807, 2.05) is 51.3 Å². The van der Waals surface area contributed by atoms with Crippen molar-refractivity contribution in [2.24, 2.45) is 23.7 Å². The van der Waals surface area contributed by atoms with Gasteiger partial charge in [-0.25, -0.2) is 19.6 Å². The molecule has 8 atom stereocenters. The second-order valence-corrected chi connectivity index (χ2v) is 18.2. The van der Waals surface area contributed by atoms with Crippen LogP contribution < -0.4 is 0 Å². The van der Waals surface area contributed by atoms with Gasteiger partial charge in [0.2, 0.25) is 0 Å². The molecule has 3 aliphatic heterocycles. The third-order valence-corrected chi connectivity index (χ3v) is 12.2. The Labute approximate surface area is 313 Å². The topological polar surface area (TPSA) is 116 Å². The van der Waals surface area contributed by atoms with E-state index in [1.165, 1.54) is 0 Å². The molecule has 2 bridgehead atoms. The Bertz CT molecular complexity index is 2570. The molecule has 274 valence electrons. The lowest BCUT2D eigenvalue weighted by atomic mass is 9.97. The summed E-state index contributed by atoms with van der Waals surface area (Å²) in [6.45, 7) is 11.5. The number of H-pyrrole nitrogens is 2. The number of hydrogen-bond donors (Lipinski definition) is 2. The fourth-order valence-electron chi connectivity index (χ4n) is 9.66. The average Bonchev–Trinajstić information content (AvgIpc) is 3.94. The molecular weight excluding hydrogens is 677 g/mol. The van der Waals surface area contributed by atoms with E-state index in [4.69, 9.17) is 19.4 Å². The highest BCUT2D eigenvalue weighted by atomic mass is 16.6. The van der Waals surface area contributed by atoms with Gasteiger partial charge >= 0.3 is 12.2 Å². The molecule has 10 nitrogen and oxygen atoms in total. The minimum Gasteiger partial charge on any atom is -0.444 e. The SMILES string of the molecule is CC(C)(C)OC(=O)N1C2C3C([C@@H]32)[C@H]1c1nc2ccc(-c3ccc4cc(-c5ccc6nc([C@@H]7C[C@H]8C[C@H]8N7C(=O)OC(C)(C)C)[nH]c6c5)ccc4c3)cc2[nH]1. The van der Waals surface area contributed by atoms with Crippen LogP contribution in [-0.2, 0) is 9.47 Å². The number of imidazole rings is 2. The van der Waals surface area contributed by atoms with Crippen molar-refractivity contribution in [3.63, 3.8) is 0 Å². The lowest BCUT2D eigenvalue weighted by Gasteiger charge is -2.29. The molecule has 5 heterocycles. The first-order valence-electron chi connectivity index (χ1n) is 19.3. The highest BCUT2D eigenvalue weighted by molar-refractivity contribution is 5.93. The Morgan fingerprint density at radius 3 is 1.70 bits per heavy atom. The predicted molar refractivity (Wildman–Crippen MR) is 207 cm³/mol. The van der Waals surface area contributed by atoms with Gasteiger partial charge in [0.15, 0.2) is 0 Å². The molecule has 3 saturated heterocycles. The Morgan fingerprint density at radius 1 is 0.630 bits per heavy atom. The van der Waals surface area contributed by atoms with Gasteiger partial charge in [-0.15, -0.1) is 0 Å². The molecule has 6 aliphatic rings. The maximum Gasteiger partial charge on any atom is 0.411 e. The smallest absolute Gasteiger partial charge is 0.411 e. The summed E-state index contributed by atoms with van der Waals surface area (Å²) in [5.41, 5.74) is 7.14. The predicted octanol–water partition coefficient (Wildman–Crippen LogP) is 9.53. The lowest BCUT2D eigenvalue weighted by Crippen LogP contribution is -2.38. The van der Waals surface area contributed by atoms with Crippen LogP contribution in [0.2, 0.25) is 0 Å². The van der Waals surface area contributed by atoms with Gasteiger partial charge in [0.05, 0.1) is 34.2 Å². The van der Waals surface area contributed by atoms with Crippen LogP contribution in [0.5, 0.6) is 0 Å². The number of nitrogens with one attached hydrogen (secondary N) is 2. The highest BCUT2D eigenvalue weighted by Gasteiger charge is 2.86. The minimum absolute atomic E-state index is 0.0473. The van der Waals surface area contributed by atoms with Crippen molar-refractivity contribution in [2.45, 2.75) is 89.8 Å². The highest BCUT2D eigenvalue weighted by Crippen LogP contribution is 2.81. The molecule has 0 radical (unpaired) electrons. The van der Waals surface area contributed by atoms with E-state index < -0.39 is 11.2 Å². The monoisotopic (exact) mass is 720 g/mol. The van der Waals surface area contributed by atoms with E-state index in [0.717, 1.165) is 79.6 Å². The normalized spacial score (nSPS) is 27.7. The van der Waals surface area contributed by atoms with Crippen molar-refractivity contribution in [2.75, 3.05) is 0 Å². The zero-order valence-electron chi connectivity index (χ0n) is 31.4. The summed E-state index contributed by atoms with van der Waals surface area (Å²) in [7, 11) is 0. The van der Waals surface area contributed by atoms with E-state index in [9.17, 15) is 9.59 Å². The van der Waals surface area contributed by atoms with Crippen LogP contribution in [0.4, 0.5) is 9.59 Å². The van der Waals surface area contributed by atoms with Crippen molar-refractivity contribution >= 4 is 45.0 Å². The van der Waals surface area contributed by atoms with E-state index in [2.05, 4.69) is 82.8 Å². The molecule has 3 aliphatic carbocycles. The zero-order chi connectivity index (χ0) is 37.0. The van der Waals surface area contributed by atoms with Gasteiger partial charge in [0, 0.05) is 12.1 Å². The first-order chi connectivity index (χ1) is 25.8. The Balaban J connectivity index is 0.837. The van der Waals surface area contributed by atoms with Crippen molar-refractivity contribution in [3.8, 4) is 22.3 Å². The van der Waals surface area contributed by atoms with Crippen LogP contribution in [0.15, 0.2) is 72.8 Å². The largest absolute Gasteiger partial charge is 0.444 e. The second-order valence-electron chi connectivity index (χ2n) is 18.2. The second kappa shape index (κ2) is 10.6. The van der Waals surface area contributed by atoms with Gasteiger partial charge < -0.3 is 19.4 Å². The summed E-state index contributed by atoms with van der Waals surface area (Å²) in [4.78, 5) is 47.2. The van der Waals surface area contributed by atoms with Crippen LogP contribution in [-0.4, -0.2) is 65.2 Å². The Hall–Kier alpha value is -5.38. The number of nitrogens with zero attached hydrogens (tertiary/aromatic N) is 4. The minimum atomic E-state index is -0.539. The van der Waals surface area contributed by atoms with Gasteiger partial charge in [-0.1, -0.05) is 36.4 Å². The maximum atomic E-state index is 13.2. The lowest BCUT2D eigenvalue weighted by molar-refractivity contribution is 0.0172. The third kappa shape index (κ3) is 5.05. The summed E-state index contributed by atoms with van der Waals surface area (Å²) < 4.78 is 11.6. The molecule has 10 heteroatoms. The molecule has 6 fully saturated rings.